The van der Waals surface area contributed by atoms with Crippen molar-refractivity contribution in [2.75, 3.05) is 39.3 Å². The van der Waals surface area contributed by atoms with Gasteiger partial charge in [-0.3, -0.25) is 4.90 Å². The van der Waals surface area contributed by atoms with Crippen LogP contribution in [0.3, 0.4) is 0 Å². The minimum absolute atomic E-state index is 0.524. The number of rotatable bonds is 5. The van der Waals surface area contributed by atoms with Gasteiger partial charge >= 0.3 is 0 Å². The Morgan fingerprint density at radius 1 is 1.28 bits per heavy atom. The molecule has 0 atom stereocenters. The maximum absolute atomic E-state index is 8.96. The van der Waals surface area contributed by atoms with Crippen LogP contribution in [0.4, 0.5) is 0 Å². The van der Waals surface area contributed by atoms with Crippen molar-refractivity contribution in [2.45, 2.75) is 6.61 Å². The fourth-order valence-corrected chi connectivity index (χ4v) is 2.07. The van der Waals surface area contributed by atoms with Crippen LogP contribution in [0.15, 0.2) is 24.3 Å². The monoisotopic (exact) mass is 245 g/mol. The molecule has 1 aromatic carbocycles. The van der Waals surface area contributed by atoms with Crippen molar-refractivity contribution < 1.29 is 4.74 Å². The Hall–Kier alpha value is -1.41. The molecule has 1 N–H and O–H groups in total. The van der Waals surface area contributed by atoms with Crippen LogP contribution in [0.5, 0.6) is 0 Å². The van der Waals surface area contributed by atoms with Crippen molar-refractivity contribution in [3.8, 4) is 6.07 Å². The number of ether oxygens (including phenoxy) is 1. The van der Waals surface area contributed by atoms with Crippen LogP contribution in [0.25, 0.3) is 0 Å². The van der Waals surface area contributed by atoms with E-state index < -0.39 is 0 Å². The Balaban J connectivity index is 1.70. The zero-order chi connectivity index (χ0) is 12.6. The Bertz CT molecular complexity index is 408. The van der Waals surface area contributed by atoms with Gasteiger partial charge in [-0.2, -0.15) is 5.26 Å². The van der Waals surface area contributed by atoms with Crippen LogP contribution in [0.2, 0.25) is 0 Å². The van der Waals surface area contributed by atoms with Gasteiger partial charge < -0.3 is 10.1 Å². The van der Waals surface area contributed by atoms with Crippen LogP contribution in [0, 0.1) is 11.3 Å². The molecule has 1 saturated heterocycles. The van der Waals surface area contributed by atoms with E-state index in [0.717, 1.165) is 44.9 Å². The molecule has 0 bridgehead atoms. The maximum Gasteiger partial charge on any atom is 0.0995 e. The Morgan fingerprint density at radius 3 is 2.83 bits per heavy atom. The lowest BCUT2D eigenvalue weighted by atomic mass is 10.1. The highest BCUT2D eigenvalue weighted by Crippen LogP contribution is 2.08. The third kappa shape index (κ3) is 3.81. The molecule has 0 saturated carbocycles. The third-order valence-corrected chi connectivity index (χ3v) is 3.16. The quantitative estimate of drug-likeness (QED) is 0.786. The fourth-order valence-electron chi connectivity index (χ4n) is 2.07. The number of hydrogen-bond acceptors (Lipinski definition) is 4. The second-order valence-corrected chi connectivity index (χ2v) is 4.41. The van der Waals surface area contributed by atoms with Gasteiger partial charge in [0.1, 0.15) is 0 Å². The molecule has 0 spiro atoms. The van der Waals surface area contributed by atoms with Gasteiger partial charge in [0.15, 0.2) is 0 Å². The first-order valence-corrected chi connectivity index (χ1v) is 6.39. The molecule has 0 aromatic heterocycles. The molecule has 0 aliphatic carbocycles. The van der Waals surface area contributed by atoms with Gasteiger partial charge in [0.25, 0.3) is 0 Å². The summed E-state index contributed by atoms with van der Waals surface area (Å²) < 4.78 is 5.65. The van der Waals surface area contributed by atoms with Crippen LogP contribution in [-0.2, 0) is 11.3 Å². The van der Waals surface area contributed by atoms with Crippen molar-refractivity contribution in [3.63, 3.8) is 0 Å². The average molecular weight is 245 g/mol. The van der Waals surface area contributed by atoms with Crippen molar-refractivity contribution in [1.82, 2.24) is 10.2 Å². The van der Waals surface area contributed by atoms with Gasteiger partial charge in [0, 0.05) is 32.7 Å². The van der Waals surface area contributed by atoms with Gasteiger partial charge in [-0.15, -0.1) is 0 Å². The minimum Gasteiger partial charge on any atom is -0.375 e. The van der Waals surface area contributed by atoms with E-state index in [2.05, 4.69) is 16.3 Å². The second kappa shape index (κ2) is 7.12. The molecule has 96 valence electrons. The molecule has 1 aromatic rings. The van der Waals surface area contributed by atoms with Crippen LogP contribution in [0.1, 0.15) is 11.1 Å². The first-order chi connectivity index (χ1) is 8.90. The zero-order valence-electron chi connectivity index (χ0n) is 10.6. The van der Waals surface area contributed by atoms with Crippen molar-refractivity contribution in [3.05, 3.63) is 35.4 Å². The molecule has 1 heterocycles. The lowest BCUT2D eigenvalue weighted by Gasteiger charge is -2.26. The smallest absolute Gasteiger partial charge is 0.0995 e. The van der Waals surface area contributed by atoms with Crippen LogP contribution in [-0.4, -0.2) is 44.2 Å². The SMILES string of the molecule is N#Cc1ccccc1COCCN1CCNCC1. The van der Waals surface area contributed by atoms with E-state index >= 15 is 0 Å². The molecule has 0 radical (unpaired) electrons. The lowest BCUT2D eigenvalue weighted by molar-refractivity contribution is 0.0885. The minimum atomic E-state index is 0.524. The van der Waals surface area contributed by atoms with Gasteiger partial charge in [-0.05, 0) is 11.6 Å². The van der Waals surface area contributed by atoms with E-state index in [-0.39, 0.29) is 0 Å². The molecule has 0 unspecified atom stereocenters. The first-order valence-electron chi connectivity index (χ1n) is 6.39. The van der Waals surface area contributed by atoms with E-state index in [1.54, 1.807) is 0 Å². The van der Waals surface area contributed by atoms with Crippen molar-refractivity contribution in [2.24, 2.45) is 0 Å². The number of hydrogen-bond donors (Lipinski definition) is 1. The molecular weight excluding hydrogens is 226 g/mol. The summed E-state index contributed by atoms with van der Waals surface area (Å²) in [4.78, 5) is 2.40. The molecular formula is C14H19N3O. The number of nitriles is 1. The number of piperazine rings is 1. The number of nitrogens with zero attached hydrogens (tertiary/aromatic N) is 2. The Morgan fingerprint density at radius 2 is 2.06 bits per heavy atom. The molecule has 4 nitrogen and oxygen atoms in total. The summed E-state index contributed by atoms with van der Waals surface area (Å²) in [5.74, 6) is 0. The Kier molecular flexibility index (Phi) is 5.15. The number of nitrogens with one attached hydrogen (secondary N) is 1. The molecule has 1 fully saturated rings. The Labute approximate surface area is 108 Å². The largest absolute Gasteiger partial charge is 0.375 e. The molecule has 0 amide bonds. The molecule has 18 heavy (non-hydrogen) atoms. The second-order valence-electron chi connectivity index (χ2n) is 4.41. The van der Waals surface area contributed by atoms with Crippen molar-refractivity contribution in [1.29, 1.82) is 5.26 Å². The van der Waals surface area contributed by atoms with Gasteiger partial charge in [-0.1, -0.05) is 18.2 Å². The number of benzene rings is 1. The fraction of sp³-hybridized carbons (Fsp3) is 0.500. The van der Waals surface area contributed by atoms with E-state index in [9.17, 15) is 0 Å². The van der Waals surface area contributed by atoms with E-state index in [1.165, 1.54) is 0 Å². The molecule has 2 rings (SSSR count). The predicted octanol–water partition coefficient (Wildman–Crippen LogP) is 0.980. The summed E-state index contributed by atoms with van der Waals surface area (Å²) in [6.07, 6.45) is 0. The van der Waals surface area contributed by atoms with Gasteiger partial charge in [0.05, 0.1) is 24.8 Å². The average Bonchev–Trinajstić information content (AvgIpc) is 2.45. The summed E-state index contributed by atoms with van der Waals surface area (Å²) in [5, 5.41) is 12.3. The van der Waals surface area contributed by atoms with Gasteiger partial charge in [-0.25, -0.2) is 0 Å². The lowest BCUT2D eigenvalue weighted by Crippen LogP contribution is -2.44. The van der Waals surface area contributed by atoms with E-state index in [4.69, 9.17) is 10.00 Å². The van der Waals surface area contributed by atoms with Crippen molar-refractivity contribution >= 4 is 0 Å². The summed E-state index contributed by atoms with van der Waals surface area (Å²) in [7, 11) is 0. The highest BCUT2D eigenvalue weighted by Gasteiger charge is 2.08. The molecule has 1 aliphatic heterocycles. The first kappa shape index (κ1) is 13.0. The van der Waals surface area contributed by atoms with E-state index in [1.807, 2.05) is 24.3 Å². The maximum atomic E-state index is 8.96. The highest BCUT2D eigenvalue weighted by atomic mass is 16.5. The third-order valence-electron chi connectivity index (χ3n) is 3.16. The summed E-state index contributed by atoms with van der Waals surface area (Å²) in [5.41, 5.74) is 1.68. The topological polar surface area (TPSA) is 48.3 Å². The standard InChI is InChI=1S/C14H19N3O/c15-11-13-3-1-2-4-14(13)12-18-10-9-17-7-5-16-6-8-17/h1-4,16H,5-10,12H2. The highest BCUT2D eigenvalue weighted by molar-refractivity contribution is 5.36. The summed E-state index contributed by atoms with van der Waals surface area (Å²) in [6, 6.07) is 9.78. The predicted molar refractivity (Wildman–Crippen MR) is 70.1 cm³/mol. The molecule has 1 aliphatic rings. The van der Waals surface area contributed by atoms with E-state index in [0.29, 0.717) is 12.2 Å². The summed E-state index contributed by atoms with van der Waals surface area (Å²) >= 11 is 0. The van der Waals surface area contributed by atoms with Gasteiger partial charge in [0.2, 0.25) is 0 Å². The molecule has 4 heteroatoms. The zero-order valence-corrected chi connectivity index (χ0v) is 10.6. The normalized spacial score (nSPS) is 16.4. The van der Waals surface area contributed by atoms with Crippen LogP contribution >= 0.6 is 0 Å². The van der Waals surface area contributed by atoms with Crippen LogP contribution < -0.4 is 5.32 Å². The summed E-state index contributed by atoms with van der Waals surface area (Å²) in [6.45, 7) is 6.54.